The van der Waals surface area contributed by atoms with Crippen LogP contribution < -0.4 is 0 Å². The number of aliphatic hydroxyl groups excluding tert-OH is 1. The highest BCUT2D eigenvalue weighted by Crippen LogP contribution is 2.40. The first kappa shape index (κ1) is 40.8. The van der Waals surface area contributed by atoms with Crippen molar-refractivity contribution in [2.24, 2.45) is 17.3 Å². The number of likely N-dealkylation sites (tertiary alicyclic amines) is 1. The highest BCUT2D eigenvalue weighted by molar-refractivity contribution is 6.04. The molecule has 0 aromatic carbocycles. The number of Topliss-reactive ketones (excluding diaryl/α,β-unsaturated/α-hetero) is 1. The Hall–Kier alpha value is -1.67. The number of hydrogen-bond donors (Lipinski definition) is 1. The van der Waals surface area contributed by atoms with Gasteiger partial charge in [-0.3, -0.25) is 19.3 Å². The molecule has 0 bridgehead atoms. The average Bonchev–Trinajstić information content (AvgIpc) is 2.99. The van der Waals surface area contributed by atoms with Crippen LogP contribution in [0.3, 0.4) is 0 Å². The van der Waals surface area contributed by atoms with Gasteiger partial charge in [-0.15, -0.1) is 0 Å². The molecule has 0 aliphatic carbocycles. The summed E-state index contributed by atoms with van der Waals surface area (Å²) in [6, 6.07) is 0.0595. The minimum absolute atomic E-state index is 0.0616. The van der Waals surface area contributed by atoms with Gasteiger partial charge in [0.15, 0.2) is 12.1 Å². The van der Waals surface area contributed by atoms with Crippen LogP contribution in [0.5, 0.6) is 0 Å². The first-order valence-electron chi connectivity index (χ1n) is 17.8. The van der Waals surface area contributed by atoms with Crippen LogP contribution in [0.25, 0.3) is 0 Å². The Kier molecular flexibility index (Phi) is 13.7. The molecule has 1 spiro atoms. The summed E-state index contributed by atoms with van der Waals surface area (Å²) in [6.45, 7) is 17.6. The van der Waals surface area contributed by atoms with Gasteiger partial charge < -0.3 is 38.8 Å². The number of aliphatic hydroxyl groups is 1. The van der Waals surface area contributed by atoms with E-state index in [4.69, 9.17) is 18.9 Å². The number of ketones is 1. The second kappa shape index (κ2) is 16.1. The Labute approximate surface area is 289 Å². The van der Waals surface area contributed by atoms with E-state index in [1.54, 1.807) is 27.9 Å². The smallest absolute Gasteiger partial charge is 0.319 e. The third kappa shape index (κ3) is 9.35. The van der Waals surface area contributed by atoms with E-state index in [2.05, 4.69) is 25.7 Å². The predicted octanol–water partition coefficient (Wildman–Crippen LogP) is 2.65. The molecule has 0 aromatic heterocycles. The standard InChI is InChI=1S/C36H66N4O8/c1-23(2)39(12)21-28(41)40-16-14-36(15-17-40)22-38(11)20-24(3)19-35(8,45-13)31(26(5)30(43)34(6,7)33(44)48-36)47-32-29(42)27(37(9)10)18-25(4)46-32/h23-27,29,31-32,42H,14-22H2,1-13H3/t24-,25-,26+,27+,29-,31-,32+,35-/m1/s1. The molecular formula is C36H66N4O8. The normalized spacial score (nSPS) is 35.8. The summed E-state index contributed by atoms with van der Waals surface area (Å²) in [4.78, 5) is 49.7. The topological polar surface area (TPSA) is 121 Å². The number of rotatable bonds is 7. The highest BCUT2D eigenvalue weighted by atomic mass is 16.7. The molecule has 1 amide bonds. The molecule has 3 saturated heterocycles. The van der Waals surface area contributed by atoms with E-state index in [0.717, 1.165) is 0 Å². The van der Waals surface area contributed by atoms with E-state index in [9.17, 15) is 19.5 Å². The summed E-state index contributed by atoms with van der Waals surface area (Å²) in [5.41, 5.74) is -3.30. The van der Waals surface area contributed by atoms with Gasteiger partial charge in [0.2, 0.25) is 5.91 Å². The van der Waals surface area contributed by atoms with Gasteiger partial charge >= 0.3 is 5.97 Å². The van der Waals surface area contributed by atoms with Crippen molar-refractivity contribution in [3.05, 3.63) is 0 Å². The number of amides is 1. The van der Waals surface area contributed by atoms with Crippen LogP contribution in [-0.4, -0.2) is 158 Å². The number of likely N-dealkylation sites (N-methyl/N-ethyl adjacent to an activating group) is 3. The summed E-state index contributed by atoms with van der Waals surface area (Å²) in [6.07, 6.45) is -0.788. The number of ether oxygens (including phenoxy) is 4. The van der Waals surface area contributed by atoms with Gasteiger partial charge in [0.05, 0.1) is 24.4 Å². The molecule has 3 heterocycles. The minimum Gasteiger partial charge on any atom is -0.457 e. The number of hydrogen-bond acceptors (Lipinski definition) is 11. The van der Waals surface area contributed by atoms with Gasteiger partial charge in [-0.1, -0.05) is 13.8 Å². The lowest BCUT2D eigenvalue weighted by Crippen LogP contribution is -2.59. The molecule has 0 unspecified atom stereocenters. The summed E-state index contributed by atoms with van der Waals surface area (Å²) in [7, 11) is 9.41. The third-order valence-electron chi connectivity index (χ3n) is 11.2. The van der Waals surface area contributed by atoms with E-state index >= 15 is 0 Å². The van der Waals surface area contributed by atoms with E-state index in [1.807, 2.05) is 56.7 Å². The molecule has 8 atom stereocenters. The van der Waals surface area contributed by atoms with Gasteiger partial charge in [-0.05, 0) is 88.5 Å². The zero-order valence-corrected chi connectivity index (χ0v) is 32.1. The van der Waals surface area contributed by atoms with Crippen LogP contribution in [0.15, 0.2) is 0 Å². The van der Waals surface area contributed by atoms with E-state index in [1.165, 1.54) is 0 Å². The fraction of sp³-hybridized carbons (Fsp3) is 0.917. The van der Waals surface area contributed by atoms with Gasteiger partial charge in [0.1, 0.15) is 17.1 Å². The zero-order valence-electron chi connectivity index (χ0n) is 32.1. The lowest BCUT2D eigenvalue weighted by Gasteiger charge is -2.47. The summed E-state index contributed by atoms with van der Waals surface area (Å²) >= 11 is 0. The Morgan fingerprint density at radius 1 is 1.08 bits per heavy atom. The van der Waals surface area contributed by atoms with Crippen LogP contribution in [0.1, 0.15) is 81.1 Å². The lowest BCUT2D eigenvalue weighted by atomic mass is 9.74. The van der Waals surface area contributed by atoms with Crippen LogP contribution >= 0.6 is 0 Å². The molecule has 48 heavy (non-hydrogen) atoms. The van der Waals surface area contributed by atoms with E-state index in [-0.39, 0.29) is 35.8 Å². The van der Waals surface area contributed by atoms with Gasteiger partial charge in [0, 0.05) is 64.1 Å². The van der Waals surface area contributed by atoms with Crippen molar-refractivity contribution in [2.45, 2.75) is 129 Å². The Balaban J connectivity index is 1.94. The van der Waals surface area contributed by atoms with Crippen LogP contribution in [0.2, 0.25) is 0 Å². The largest absolute Gasteiger partial charge is 0.457 e. The van der Waals surface area contributed by atoms with Crippen molar-refractivity contribution in [1.29, 1.82) is 0 Å². The van der Waals surface area contributed by atoms with Crippen LogP contribution in [0, 0.1) is 17.3 Å². The van der Waals surface area contributed by atoms with Gasteiger partial charge in [0.25, 0.3) is 0 Å². The van der Waals surface area contributed by atoms with E-state index in [0.29, 0.717) is 58.4 Å². The van der Waals surface area contributed by atoms with Gasteiger partial charge in [-0.2, -0.15) is 0 Å². The maximum atomic E-state index is 14.5. The van der Waals surface area contributed by atoms with Gasteiger partial charge in [-0.25, -0.2) is 0 Å². The number of methoxy groups -OCH3 is 1. The number of esters is 1. The molecule has 3 fully saturated rings. The predicted molar refractivity (Wildman–Crippen MR) is 184 cm³/mol. The zero-order chi connectivity index (χ0) is 36.4. The molecular weight excluding hydrogens is 616 g/mol. The molecule has 0 aromatic rings. The summed E-state index contributed by atoms with van der Waals surface area (Å²) in [5.74, 6) is -1.56. The average molecular weight is 683 g/mol. The Bertz CT molecular complexity index is 1110. The van der Waals surface area contributed by atoms with Crippen molar-refractivity contribution in [3.63, 3.8) is 0 Å². The minimum atomic E-state index is -1.50. The number of carbonyl (C=O) groups is 3. The number of piperidine rings is 1. The fourth-order valence-electron chi connectivity index (χ4n) is 7.83. The summed E-state index contributed by atoms with van der Waals surface area (Å²) < 4.78 is 25.4. The molecule has 0 saturated carbocycles. The molecule has 0 radical (unpaired) electrons. The molecule has 1 N–H and O–H groups in total. The Morgan fingerprint density at radius 3 is 2.23 bits per heavy atom. The monoisotopic (exact) mass is 682 g/mol. The molecule has 12 nitrogen and oxygen atoms in total. The van der Waals surface area contributed by atoms with E-state index < -0.39 is 47.0 Å². The molecule has 3 rings (SSSR count). The molecule has 278 valence electrons. The quantitative estimate of drug-likeness (QED) is 0.315. The van der Waals surface area contributed by atoms with Crippen LogP contribution in [-0.2, 0) is 33.3 Å². The maximum Gasteiger partial charge on any atom is 0.319 e. The van der Waals surface area contributed by atoms with Crippen molar-refractivity contribution < 1.29 is 38.4 Å². The maximum absolute atomic E-state index is 14.5. The number of carbonyl (C=O) groups excluding carboxylic acids is 3. The van der Waals surface area contributed by atoms with Crippen LogP contribution in [0.4, 0.5) is 0 Å². The molecule has 3 aliphatic rings. The van der Waals surface area contributed by atoms with Crippen molar-refractivity contribution in [3.8, 4) is 0 Å². The fourth-order valence-corrected chi connectivity index (χ4v) is 7.83. The highest BCUT2D eigenvalue weighted by Gasteiger charge is 2.53. The molecule has 3 aliphatic heterocycles. The number of nitrogens with zero attached hydrogens (tertiary/aromatic N) is 4. The first-order chi connectivity index (χ1) is 22.2. The second-order valence-electron chi connectivity index (χ2n) is 16.4. The summed E-state index contributed by atoms with van der Waals surface area (Å²) in [5, 5.41) is 11.4. The lowest BCUT2D eigenvalue weighted by molar-refractivity contribution is -0.295. The second-order valence-corrected chi connectivity index (χ2v) is 16.4. The SMILES string of the molecule is CO[C@]1(C)C[C@@H](C)CN(C)CC2(CCN(C(=O)CN(C)C(C)C)CC2)OC(=O)C(C)(C)C(=O)[C@H](C)[C@H]1O[C@@H]1O[C@H](C)C[C@H](N(C)C)[C@H]1O. The first-order valence-corrected chi connectivity index (χ1v) is 17.8. The Morgan fingerprint density at radius 2 is 1.69 bits per heavy atom. The third-order valence-corrected chi connectivity index (χ3v) is 11.2. The van der Waals surface area contributed by atoms with Crippen molar-refractivity contribution in [1.82, 2.24) is 19.6 Å². The van der Waals surface area contributed by atoms with Crippen molar-refractivity contribution >= 4 is 17.7 Å². The van der Waals surface area contributed by atoms with Crippen molar-refractivity contribution in [2.75, 3.05) is 68.0 Å². The molecule has 12 heteroatoms.